The largest absolute Gasteiger partial charge is 0.352 e. The number of hydrogen-bond acceptors (Lipinski definition) is 4. The fourth-order valence-electron chi connectivity index (χ4n) is 3.67. The second-order valence-corrected chi connectivity index (χ2v) is 10.5. The number of carbonyl (C=O) groups is 2. The first-order valence-corrected chi connectivity index (χ1v) is 13.4. The van der Waals surface area contributed by atoms with Crippen molar-refractivity contribution >= 4 is 27.5 Å². The molecule has 0 saturated heterocycles. The van der Waals surface area contributed by atoms with Crippen molar-refractivity contribution in [2.45, 2.75) is 50.7 Å². The molecule has 0 radical (unpaired) electrons. The maximum Gasteiger partial charge on any atom is 0.264 e. The van der Waals surface area contributed by atoms with Crippen LogP contribution < -0.4 is 9.62 Å². The molecule has 3 rings (SSSR count). The summed E-state index contributed by atoms with van der Waals surface area (Å²) >= 11 is 0. The molecule has 0 saturated carbocycles. The zero-order chi connectivity index (χ0) is 26.1. The first kappa shape index (κ1) is 26.9. The molecule has 0 aromatic heterocycles. The highest BCUT2D eigenvalue weighted by Gasteiger charge is 2.32. The Balaban J connectivity index is 1.97. The molecule has 0 heterocycles. The highest BCUT2D eigenvalue weighted by molar-refractivity contribution is 7.92. The molecule has 190 valence electrons. The van der Waals surface area contributed by atoms with Crippen LogP contribution in [0.5, 0.6) is 0 Å². The summed E-state index contributed by atoms with van der Waals surface area (Å²) in [5.74, 6) is -0.764. The van der Waals surface area contributed by atoms with Crippen LogP contribution in [-0.2, 0) is 26.2 Å². The van der Waals surface area contributed by atoms with E-state index >= 15 is 0 Å². The Kier molecular flexibility index (Phi) is 9.25. The van der Waals surface area contributed by atoms with E-state index in [-0.39, 0.29) is 23.4 Å². The standard InChI is InChI=1S/C28H33N3O4S/c1-4-22(2)29-28(33)23(3)30(20-24-14-8-5-9-15-24)27(32)21-31(25-16-10-6-11-17-25)36(34,35)26-18-12-7-13-19-26/h5-19,22-23H,4,20-21H2,1-3H3,(H,29,33)/t22-,23-/m1/s1. The SMILES string of the molecule is CC[C@@H](C)NC(=O)[C@@H](C)N(Cc1ccccc1)C(=O)CN(c1ccccc1)S(=O)(=O)c1ccccc1. The third-order valence-electron chi connectivity index (χ3n) is 6.02. The first-order chi connectivity index (χ1) is 17.2. The lowest BCUT2D eigenvalue weighted by molar-refractivity contribution is -0.139. The van der Waals surface area contributed by atoms with Gasteiger partial charge < -0.3 is 10.2 Å². The van der Waals surface area contributed by atoms with Gasteiger partial charge in [-0.3, -0.25) is 13.9 Å². The normalized spacial score (nSPS) is 12.9. The van der Waals surface area contributed by atoms with Crippen LogP contribution in [0.4, 0.5) is 5.69 Å². The zero-order valence-corrected chi connectivity index (χ0v) is 21.7. The predicted molar refractivity (Wildman–Crippen MR) is 142 cm³/mol. The molecule has 2 atom stereocenters. The van der Waals surface area contributed by atoms with Crippen LogP contribution in [0.25, 0.3) is 0 Å². The third kappa shape index (κ3) is 6.73. The van der Waals surface area contributed by atoms with Gasteiger partial charge in [-0.15, -0.1) is 0 Å². The van der Waals surface area contributed by atoms with E-state index in [1.165, 1.54) is 17.0 Å². The third-order valence-corrected chi connectivity index (χ3v) is 7.81. The average Bonchev–Trinajstić information content (AvgIpc) is 2.91. The van der Waals surface area contributed by atoms with E-state index in [1.54, 1.807) is 55.5 Å². The molecule has 0 unspecified atom stereocenters. The number of anilines is 1. The quantitative estimate of drug-likeness (QED) is 0.421. The number of sulfonamides is 1. The Hall–Kier alpha value is -3.65. The molecule has 3 aromatic carbocycles. The van der Waals surface area contributed by atoms with Gasteiger partial charge in [0, 0.05) is 12.6 Å². The summed E-state index contributed by atoms with van der Waals surface area (Å²) in [6.07, 6.45) is 0.752. The second kappa shape index (κ2) is 12.4. The maximum atomic E-state index is 13.8. The van der Waals surface area contributed by atoms with E-state index in [0.29, 0.717) is 5.69 Å². The molecule has 0 spiro atoms. The summed E-state index contributed by atoms with van der Waals surface area (Å²) in [7, 11) is -4.04. The van der Waals surface area contributed by atoms with Gasteiger partial charge >= 0.3 is 0 Å². The molecule has 0 aliphatic carbocycles. The van der Waals surface area contributed by atoms with Gasteiger partial charge in [-0.1, -0.05) is 73.7 Å². The van der Waals surface area contributed by atoms with Crippen molar-refractivity contribution in [1.82, 2.24) is 10.2 Å². The molecule has 0 fully saturated rings. The van der Waals surface area contributed by atoms with Crippen molar-refractivity contribution in [2.24, 2.45) is 0 Å². The van der Waals surface area contributed by atoms with Crippen LogP contribution in [0.1, 0.15) is 32.8 Å². The van der Waals surface area contributed by atoms with Crippen molar-refractivity contribution in [3.8, 4) is 0 Å². The Bertz CT molecular complexity index is 1240. The number of rotatable bonds is 11. The molecular weight excluding hydrogens is 474 g/mol. The Morgan fingerprint density at radius 2 is 1.36 bits per heavy atom. The summed E-state index contributed by atoms with van der Waals surface area (Å²) in [5, 5.41) is 2.93. The van der Waals surface area contributed by atoms with Gasteiger partial charge in [0.15, 0.2) is 0 Å². The highest BCUT2D eigenvalue weighted by Crippen LogP contribution is 2.24. The average molecular weight is 508 g/mol. The molecule has 36 heavy (non-hydrogen) atoms. The fourth-order valence-corrected chi connectivity index (χ4v) is 5.11. The Labute approximate surface area is 213 Å². The molecule has 8 heteroatoms. The Morgan fingerprint density at radius 3 is 1.92 bits per heavy atom. The van der Waals surface area contributed by atoms with E-state index in [2.05, 4.69) is 5.32 Å². The number of nitrogens with one attached hydrogen (secondary N) is 1. The van der Waals surface area contributed by atoms with Crippen molar-refractivity contribution in [3.05, 3.63) is 96.6 Å². The van der Waals surface area contributed by atoms with Crippen molar-refractivity contribution in [1.29, 1.82) is 0 Å². The van der Waals surface area contributed by atoms with E-state index in [9.17, 15) is 18.0 Å². The predicted octanol–water partition coefficient (Wildman–Crippen LogP) is 4.21. The first-order valence-electron chi connectivity index (χ1n) is 12.0. The van der Waals surface area contributed by atoms with E-state index in [1.807, 2.05) is 44.2 Å². The van der Waals surface area contributed by atoms with Gasteiger partial charge in [-0.25, -0.2) is 8.42 Å². The van der Waals surface area contributed by atoms with E-state index in [0.717, 1.165) is 16.3 Å². The van der Waals surface area contributed by atoms with Crippen LogP contribution in [0, 0.1) is 0 Å². The van der Waals surface area contributed by atoms with Crippen LogP contribution in [0.15, 0.2) is 95.9 Å². The summed E-state index contributed by atoms with van der Waals surface area (Å²) in [6, 6.07) is 25.0. The molecule has 0 aliphatic rings. The monoisotopic (exact) mass is 507 g/mol. The van der Waals surface area contributed by atoms with Gasteiger partial charge in [0.1, 0.15) is 12.6 Å². The smallest absolute Gasteiger partial charge is 0.264 e. The lowest BCUT2D eigenvalue weighted by Gasteiger charge is -2.32. The van der Waals surface area contributed by atoms with Gasteiger partial charge in [0.05, 0.1) is 10.6 Å². The molecule has 7 nitrogen and oxygen atoms in total. The Morgan fingerprint density at radius 1 is 0.833 bits per heavy atom. The minimum absolute atomic E-state index is 0.0482. The van der Waals surface area contributed by atoms with Crippen LogP contribution in [0.2, 0.25) is 0 Å². The van der Waals surface area contributed by atoms with Gasteiger partial charge in [-0.05, 0) is 50.1 Å². The van der Waals surface area contributed by atoms with E-state index < -0.39 is 28.5 Å². The van der Waals surface area contributed by atoms with Crippen molar-refractivity contribution < 1.29 is 18.0 Å². The number of para-hydroxylation sites is 1. The maximum absolute atomic E-state index is 13.8. The molecule has 0 aliphatic heterocycles. The second-order valence-electron chi connectivity index (χ2n) is 8.66. The molecular formula is C28H33N3O4S. The van der Waals surface area contributed by atoms with Crippen molar-refractivity contribution in [3.63, 3.8) is 0 Å². The molecule has 2 amide bonds. The topological polar surface area (TPSA) is 86.8 Å². The minimum Gasteiger partial charge on any atom is -0.352 e. The van der Waals surface area contributed by atoms with Crippen LogP contribution >= 0.6 is 0 Å². The summed E-state index contributed by atoms with van der Waals surface area (Å²) in [6.45, 7) is 5.25. The van der Waals surface area contributed by atoms with Gasteiger partial charge in [0.2, 0.25) is 11.8 Å². The summed E-state index contributed by atoms with van der Waals surface area (Å²) in [4.78, 5) is 28.3. The zero-order valence-electron chi connectivity index (χ0n) is 20.9. The molecule has 3 aromatic rings. The van der Waals surface area contributed by atoms with Gasteiger partial charge in [-0.2, -0.15) is 0 Å². The minimum atomic E-state index is -4.04. The highest BCUT2D eigenvalue weighted by atomic mass is 32.2. The van der Waals surface area contributed by atoms with Crippen molar-refractivity contribution in [2.75, 3.05) is 10.8 Å². The number of amides is 2. The van der Waals surface area contributed by atoms with Gasteiger partial charge in [0.25, 0.3) is 10.0 Å². The van der Waals surface area contributed by atoms with Crippen LogP contribution in [0.3, 0.4) is 0 Å². The summed E-state index contributed by atoms with van der Waals surface area (Å²) in [5.41, 5.74) is 1.21. The number of hydrogen-bond donors (Lipinski definition) is 1. The number of carbonyl (C=O) groups excluding carboxylic acids is 2. The fraction of sp³-hybridized carbons (Fsp3) is 0.286. The lowest BCUT2D eigenvalue weighted by Crippen LogP contribution is -2.52. The summed E-state index contributed by atoms with van der Waals surface area (Å²) < 4.78 is 28.3. The lowest BCUT2D eigenvalue weighted by atomic mass is 10.1. The number of nitrogens with zero attached hydrogens (tertiary/aromatic N) is 2. The van der Waals surface area contributed by atoms with E-state index in [4.69, 9.17) is 0 Å². The molecule has 0 bridgehead atoms. The van der Waals surface area contributed by atoms with Crippen LogP contribution in [-0.4, -0.2) is 43.8 Å². The molecule has 1 N–H and O–H groups in total. The number of benzene rings is 3.